The molecule has 1 amide bonds. The summed E-state index contributed by atoms with van der Waals surface area (Å²) in [6, 6.07) is 2.76. The van der Waals surface area contributed by atoms with Crippen LogP contribution in [0.15, 0.2) is 27.6 Å². The number of carbonyl (C=O) groups is 1. The summed E-state index contributed by atoms with van der Waals surface area (Å²) >= 11 is 0. The highest BCUT2D eigenvalue weighted by molar-refractivity contribution is 5.93. The highest BCUT2D eigenvalue weighted by Crippen LogP contribution is 2.03. The van der Waals surface area contributed by atoms with Crippen molar-refractivity contribution in [2.75, 3.05) is 26.2 Å². The molecule has 0 radical (unpaired) electrons. The Hall–Kier alpha value is -1.62. The molecule has 1 aliphatic heterocycles. The topological polar surface area (TPSA) is 62.6 Å². The minimum atomic E-state index is -0.438. The van der Waals surface area contributed by atoms with Crippen molar-refractivity contribution in [2.24, 2.45) is 0 Å². The van der Waals surface area contributed by atoms with Crippen LogP contribution in [0.2, 0.25) is 0 Å². The van der Waals surface area contributed by atoms with Gasteiger partial charge in [-0.25, -0.2) is 4.79 Å². The zero-order chi connectivity index (χ0) is 10.7. The molecular formula is C10H12N2O3. The maximum absolute atomic E-state index is 11.8. The summed E-state index contributed by atoms with van der Waals surface area (Å²) in [6.45, 7) is 3.00. The van der Waals surface area contributed by atoms with Crippen molar-refractivity contribution in [3.63, 3.8) is 0 Å². The summed E-state index contributed by atoms with van der Waals surface area (Å²) in [5.41, 5.74) is -0.0108. The Labute approximate surface area is 86.7 Å². The summed E-state index contributed by atoms with van der Waals surface area (Å²) in [5.74, 6) is -0.0831. The molecule has 1 N–H and O–H groups in total. The molecule has 2 heterocycles. The molecule has 15 heavy (non-hydrogen) atoms. The van der Waals surface area contributed by atoms with Crippen molar-refractivity contribution in [1.29, 1.82) is 0 Å². The Balaban J connectivity index is 2.12. The van der Waals surface area contributed by atoms with Crippen LogP contribution in [0.25, 0.3) is 0 Å². The summed E-state index contributed by atoms with van der Waals surface area (Å²) < 4.78 is 4.65. The van der Waals surface area contributed by atoms with E-state index >= 15 is 0 Å². The summed E-state index contributed by atoms with van der Waals surface area (Å²) in [6.07, 6.45) is 1.21. The third-order valence-electron chi connectivity index (χ3n) is 2.35. The third kappa shape index (κ3) is 2.24. The molecule has 1 aliphatic rings. The van der Waals surface area contributed by atoms with Gasteiger partial charge < -0.3 is 14.6 Å². The monoisotopic (exact) mass is 208 g/mol. The third-order valence-corrected chi connectivity index (χ3v) is 2.35. The smallest absolute Gasteiger partial charge is 0.335 e. The summed E-state index contributed by atoms with van der Waals surface area (Å²) in [4.78, 5) is 24.3. The second kappa shape index (κ2) is 4.27. The van der Waals surface area contributed by atoms with Crippen molar-refractivity contribution in [3.05, 3.63) is 34.4 Å². The lowest BCUT2D eigenvalue weighted by Gasteiger charge is -2.27. The molecule has 0 aliphatic carbocycles. The van der Waals surface area contributed by atoms with Gasteiger partial charge in [-0.1, -0.05) is 0 Å². The van der Waals surface area contributed by atoms with Gasteiger partial charge in [-0.2, -0.15) is 0 Å². The first-order valence-electron chi connectivity index (χ1n) is 4.86. The largest absolute Gasteiger partial charge is 0.430 e. The van der Waals surface area contributed by atoms with Gasteiger partial charge in [0.25, 0.3) is 5.91 Å². The molecule has 0 atom stereocenters. The molecule has 0 bridgehead atoms. The van der Waals surface area contributed by atoms with E-state index in [2.05, 4.69) is 9.73 Å². The van der Waals surface area contributed by atoms with Gasteiger partial charge in [0.2, 0.25) is 0 Å². The molecule has 5 heteroatoms. The number of piperazine rings is 1. The van der Waals surface area contributed by atoms with Crippen LogP contribution in [0.4, 0.5) is 0 Å². The van der Waals surface area contributed by atoms with Gasteiger partial charge >= 0.3 is 5.63 Å². The van der Waals surface area contributed by atoms with Gasteiger partial charge in [-0.15, -0.1) is 0 Å². The van der Waals surface area contributed by atoms with Crippen LogP contribution in [-0.4, -0.2) is 37.0 Å². The molecule has 1 fully saturated rings. The van der Waals surface area contributed by atoms with Crippen molar-refractivity contribution in [3.8, 4) is 0 Å². The first kappa shape index (κ1) is 9.92. The Bertz CT molecular complexity index is 387. The first-order chi connectivity index (χ1) is 7.27. The highest BCUT2D eigenvalue weighted by atomic mass is 16.4. The number of amides is 1. The lowest BCUT2D eigenvalue weighted by atomic mass is 10.2. The van der Waals surface area contributed by atoms with Crippen molar-refractivity contribution < 1.29 is 9.21 Å². The van der Waals surface area contributed by atoms with Gasteiger partial charge in [0.1, 0.15) is 6.26 Å². The Kier molecular flexibility index (Phi) is 2.82. The maximum Gasteiger partial charge on any atom is 0.335 e. The number of hydrogen-bond acceptors (Lipinski definition) is 4. The molecule has 1 aromatic heterocycles. The zero-order valence-electron chi connectivity index (χ0n) is 8.23. The number of hydrogen-bond donors (Lipinski definition) is 1. The van der Waals surface area contributed by atoms with E-state index in [9.17, 15) is 9.59 Å². The predicted octanol–water partition coefficient (Wildman–Crippen LogP) is -0.315. The van der Waals surface area contributed by atoms with E-state index in [4.69, 9.17) is 0 Å². The standard InChI is InChI=1S/C10H12N2O3/c13-9-2-1-8(7-15-9)10(14)12-5-3-11-4-6-12/h1-2,7,11H,3-6H2. The normalized spacial score (nSPS) is 16.4. The maximum atomic E-state index is 11.8. The van der Waals surface area contributed by atoms with Crippen LogP contribution in [0.5, 0.6) is 0 Å². The van der Waals surface area contributed by atoms with E-state index in [0.717, 1.165) is 13.1 Å². The second-order valence-corrected chi connectivity index (χ2v) is 3.39. The molecule has 0 saturated carbocycles. The highest BCUT2D eigenvalue weighted by Gasteiger charge is 2.17. The van der Waals surface area contributed by atoms with Crippen LogP contribution in [0.3, 0.4) is 0 Å². The SMILES string of the molecule is O=C(c1ccc(=O)oc1)N1CCNCC1. The quantitative estimate of drug-likeness (QED) is 0.687. The molecule has 80 valence electrons. The fraction of sp³-hybridized carbons (Fsp3) is 0.400. The molecule has 0 spiro atoms. The van der Waals surface area contributed by atoms with Crippen molar-refractivity contribution in [2.45, 2.75) is 0 Å². The molecule has 0 aromatic carbocycles. The van der Waals surface area contributed by atoms with Gasteiger partial charge in [-0.05, 0) is 6.07 Å². The minimum Gasteiger partial charge on any atom is -0.430 e. The lowest BCUT2D eigenvalue weighted by molar-refractivity contribution is 0.0733. The van der Waals surface area contributed by atoms with Gasteiger partial charge in [0.05, 0.1) is 5.56 Å². The molecule has 0 unspecified atom stereocenters. The lowest BCUT2D eigenvalue weighted by Crippen LogP contribution is -2.46. The average Bonchev–Trinajstić information content (AvgIpc) is 2.30. The van der Waals surface area contributed by atoms with E-state index in [1.165, 1.54) is 18.4 Å². The van der Waals surface area contributed by atoms with Crippen LogP contribution >= 0.6 is 0 Å². The molecule has 2 rings (SSSR count). The van der Waals surface area contributed by atoms with E-state index < -0.39 is 5.63 Å². The summed E-state index contributed by atoms with van der Waals surface area (Å²) in [7, 11) is 0. The summed E-state index contributed by atoms with van der Waals surface area (Å²) in [5, 5.41) is 3.16. The minimum absolute atomic E-state index is 0.0831. The van der Waals surface area contributed by atoms with E-state index in [-0.39, 0.29) is 5.91 Å². The molecule has 1 saturated heterocycles. The predicted molar refractivity (Wildman–Crippen MR) is 53.8 cm³/mol. The van der Waals surface area contributed by atoms with Crippen LogP contribution in [0.1, 0.15) is 10.4 Å². The molecule has 5 nitrogen and oxygen atoms in total. The first-order valence-corrected chi connectivity index (χ1v) is 4.86. The van der Waals surface area contributed by atoms with Crippen LogP contribution in [-0.2, 0) is 0 Å². The van der Waals surface area contributed by atoms with E-state index in [1.54, 1.807) is 4.90 Å². The van der Waals surface area contributed by atoms with Gasteiger partial charge in [-0.3, -0.25) is 4.79 Å². The number of nitrogens with one attached hydrogen (secondary N) is 1. The van der Waals surface area contributed by atoms with E-state index in [1.807, 2.05) is 0 Å². The van der Waals surface area contributed by atoms with Gasteiger partial charge in [0, 0.05) is 32.2 Å². The number of rotatable bonds is 1. The second-order valence-electron chi connectivity index (χ2n) is 3.39. The zero-order valence-corrected chi connectivity index (χ0v) is 8.23. The fourth-order valence-electron chi connectivity index (χ4n) is 1.53. The number of nitrogens with zero attached hydrogens (tertiary/aromatic N) is 1. The van der Waals surface area contributed by atoms with Gasteiger partial charge in [0.15, 0.2) is 0 Å². The average molecular weight is 208 g/mol. The number of carbonyl (C=O) groups excluding carboxylic acids is 1. The Morgan fingerprint density at radius 3 is 2.67 bits per heavy atom. The molecule has 1 aromatic rings. The van der Waals surface area contributed by atoms with Crippen molar-refractivity contribution >= 4 is 5.91 Å². The molecular weight excluding hydrogens is 196 g/mol. The Morgan fingerprint density at radius 1 is 1.33 bits per heavy atom. The fourth-order valence-corrected chi connectivity index (χ4v) is 1.53. The van der Waals surface area contributed by atoms with Crippen LogP contribution < -0.4 is 10.9 Å². The Morgan fingerprint density at radius 2 is 2.07 bits per heavy atom. The van der Waals surface area contributed by atoms with Crippen molar-refractivity contribution in [1.82, 2.24) is 10.2 Å². The van der Waals surface area contributed by atoms with E-state index in [0.29, 0.717) is 18.7 Å². The van der Waals surface area contributed by atoms with Crippen LogP contribution in [0, 0.1) is 0 Å².